The van der Waals surface area contributed by atoms with E-state index in [4.69, 9.17) is 4.74 Å². The maximum absolute atomic E-state index is 14.2. The van der Waals surface area contributed by atoms with Crippen LogP contribution in [0, 0.1) is 11.6 Å². The minimum absolute atomic E-state index is 0.0408. The lowest BCUT2D eigenvalue weighted by molar-refractivity contribution is -0.136. The molecule has 0 radical (unpaired) electrons. The fraction of sp³-hybridized carbons (Fsp3) is 0.448. The molecule has 2 fully saturated rings. The molecular weight excluding hydrogens is 520 g/mol. The number of allylic oxidation sites excluding steroid dienone is 1. The second-order valence-electron chi connectivity index (χ2n) is 10.6. The Morgan fingerprint density at radius 1 is 1.07 bits per heavy atom. The van der Waals surface area contributed by atoms with Gasteiger partial charge >= 0.3 is 18.0 Å². The van der Waals surface area contributed by atoms with E-state index < -0.39 is 35.7 Å². The van der Waals surface area contributed by atoms with Gasteiger partial charge in [0, 0.05) is 48.7 Å². The molecular formula is C29H33F2N5O4. The third-order valence-electron chi connectivity index (χ3n) is 8.20. The maximum atomic E-state index is 14.2. The van der Waals surface area contributed by atoms with E-state index >= 15 is 0 Å². The van der Waals surface area contributed by atoms with Crippen molar-refractivity contribution in [2.24, 2.45) is 0 Å². The molecule has 2 aromatic rings. The highest BCUT2D eigenvalue weighted by atomic mass is 19.2. The first-order chi connectivity index (χ1) is 19.3. The van der Waals surface area contributed by atoms with Gasteiger partial charge < -0.3 is 15.4 Å². The Hall–Kier alpha value is -3.86. The van der Waals surface area contributed by atoms with Gasteiger partial charge in [0.15, 0.2) is 11.6 Å². The summed E-state index contributed by atoms with van der Waals surface area (Å²) in [5.74, 6) is -2.57. The first kappa shape index (κ1) is 27.7. The van der Waals surface area contributed by atoms with Gasteiger partial charge in [-0.3, -0.25) is 9.88 Å². The van der Waals surface area contributed by atoms with Crippen LogP contribution in [0.2, 0.25) is 0 Å². The average Bonchev–Trinajstić information content (AvgIpc) is 3.42. The largest absolute Gasteiger partial charge is 0.466 e. The molecule has 0 unspecified atom stereocenters. The lowest BCUT2D eigenvalue weighted by Gasteiger charge is -2.37. The van der Waals surface area contributed by atoms with Crippen LogP contribution in [-0.4, -0.2) is 65.1 Å². The minimum Gasteiger partial charge on any atom is -0.466 e. The van der Waals surface area contributed by atoms with E-state index in [9.17, 15) is 23.2 Å². The quantitative estimate of drug-likeness (QED) is 0.533. The summed E-state index contributed by atoms with van der Waals surface area (Å²) in [7, 11) is 1.17. The molecule has 9 nitrogen and oxygen atoms in total. The fourth-order valence-electron chi connectivity index (χ4n) is 6.16. The number of nitrogens with zero attached hydrogens (tertiary/aromatic N) is 3. The van der Waals surface area contributed by atoms with Crippen LogP contribution < -0.4 is 10.6 Å². The summed E-state index contributed by atoms with van der Waals surface area (Å²) in [6, 6.07) is 6.45. The molecule has 4 amide bonds. The smallest absolute Gasteiger partial charge is 0.337 e. The van der Waals surface area contributed by atoms with Crippen LogP contribution in [0.25, 0.3) is 0 Å². The first-order valence-corrected chi connectivity index (χ1v) is 13.6. The molecule has 2 atom stereocenters. The van der Waals surface area contributed by atoms with Crippen molar-refractivity contribution in [1.82, 2.24) is 25.4 Å². The van der Waals surface area contributed by atoms with Gasteiger partial charge in [0.2, 0.25) is 0 Å². The number of ether oxygens (including phenoxy) is 1. The van der Waals surface area contributed by atoms with Gasteiger partial charge in [-0.15, -0.1) is 0 Å². The van der Waals surface area contributed by atoms with Crippen LogP contribution in [0.3, 0.4) is 0 Å². The van der Waals surface area contributed by atoms with Gasteiger partial charge in [0.1, 0.15) is 6.04 Å². The molecule has 212 valence electrons. The zero-order valence-electron chi connectivity index (χ0n) is 22.5. The van der Waals surface area contributed by atoms with Crippen molar-refractivity contribution in [3.8, 4) is 0 Å². The van der Waals surface area contributed by atoms with Gasteiger partial charge in [-0.1, -0.05) is 12.1 Å². The Balaban J connectivity index is 1.28. The molecule has 2 N–H and O–H groups in total. The maximum Gasteiger partial charge on any atom is 0.337 e. The number of imide groups is 1. The number of pyridine rings is 1. The molecule has 2 aliphatic heterocycles. The number of amides is 4. The van der Waals surface area contributed by atoms with Gasteiger partial charge in [-0.2, -0.15) is 0 Å². The van der Waals surface area contributed by atoms with E-state index in [0.717, 1.165) is 55.0 Å². The van der Waals surface area contributed by atoms with Crippen molar-refractivity contribution < 1.29 is 27.9 Å². The second-order valence-corrected chi connectivity index (χ2v) is 10.6. The molecule has 1 aromatic heterocycles. The number of carbonyl (C=O) groups excluding carboxylic acids is 3. The van der Waals surface area contributed by atoms with E-state index in [1.54, 1.807) is 0 Å². The van der Waals surface area contributed by atoms with Crippen LogP contribution in [0.5, 0.6) is 0 Å². The SMILES string of the molecule is COC(=O)C1=C(C)NC(=O)N(C(=O)N[C@@H]2CCN(C3CCC(c4ccccn4)CC3)C2)[C@H]1c1ccc(F)c(F)c1. The number of likely N-dealkylation sites (tertiary alicyclic amines) is 1. The number of methoxy groups -OCH3 is 1. The van der Waals surface area contributed by atoms with Crippen molar-refractivity contribution in [3.63, 3.8) is 0 Å². The monoisotopic (exact) mass is 553 g/mol. The highest BCUT2D eigenvalue weighted by Gasteiger charge is 2.43. The van der Waals surface area contributed by atoms with E-state index in [0.29, 0.717) is 24.9 Å². The molecule has 1 saturated carbocycles. The number of nitrogens with one attached hydrogen (secondary N) is 2. The molecule has 5 rings (SSSR count). The van der Waals surface area contributed by atoms with E-state index in [1.807, 2.05) is 18.3 Å². The second kappa shape index (κ2) is 11.7. The van der Waals surface area contributed by atoms with Crippen LogP contribution >= 0.6 is 0 Å². The molecule has 11 heteroatoms. The summed E-state index contributed by atoms with van der Waals surface area (Å²) in [6.45, 7) is 2.94. The highest BCUT2D eigenvalue weighted by molar-refractivity contribution is 6.01. The number of benzene rings is 1. The zero-order valence-corrected chi connectivity index (χ0v) is 22.5. The predicted molar refractivity (Wildman–Crippen MR) is 142 cm³/mol. The normalized spacial score (nSPS) is 25.5. The van der Waals surface area contributed by atoms with E-state index in [2.05, 4.69) is 26.6 Å². The molecule has 1 saturated heterocycles. The summed E-state index contributed by atoms with van der Waals surface area (Å²) in [5.41, 5.74) is 1.34. The van der Waals surface area contributed by atoms with Crippen LogP contribution in [-0.2, 0) is 9.53 Å². The van der Waals surface area contributed by atoms with Crippen LogP contribution in [0.15, 0.2) is 53.9 Å². The van der Waals surface area contributed by atoms with Crippen molar-refractivity contribution in [1.29, 1.82) is 0 Å². The zero-order chi connectivity index (χ0) is 28.4. The number of rotatable bonds is 5. The molecule has 3 aliphatic rings. The standard InChI is InChI=1S/C29H33F2N5O4/c1-17-25(27(37)40-2)26(19-8-11-22(30)23(31)15-19)36(28(38)33-17)29(39)34-20-12-14-35(16-20)21-9-6-18(7-10-21)24-5-3-4-13-32-24/h3-5,8,11,13,15,18,20-21,26H,6-7,9-10,12,14,16H2,1-2H3,(H,33,38)(H,34,39)/t18?,20-,21?,26+/m1/s1. The number of halogens is 2. The molecule has 40 heavy (non-hydrogen) atoms. The van der Waals surface area contributed by atoms with E-state index in [1.165, 1.54) is 20.1 Å². The van der Waals surface area contributed by atoms with Crippen LogP contribution in [0.1, 0.15) is 62.2 Å². The third kappa shape index (κ3) is 5.56. The summed E-state index contributed by atoms with van der Waals surface area (Å²) in [6.07, 6.45) is 6.74. The molecule has 3 heterocycles. The number of aromatic nitrogens is 1. The number of carbonyl (C=O) groups is 3. The Kier molecular flexibility index (Phi) is 8.11. The number of esters is 1. The first-order valence-electron chi connectivity index (χ1n) is 13.6. The lowest BCUT2D eigenvalue weighted by Crippen LogP contribution is -2.56. The minimum atomic E-state index is -1.30. The summed E-state index contributed by atoms with van der Waals surface area (Å²) in [4.78, 5) is 47.0. The number of hydrogen-bond donors (Lipinski definition) is 2. The number of hydrogen-bond acceptors (Lipinski definition) is 6. The molecule has 0 spiro atoms. The van der Waals surface area contributed by atoms with Gasteiger partial charge in [-0.05, 0) is 68.9 Å². The average molecular weight is 554 g/mol. The Morgan fingerprint density at radius 3 is 2.52 bits per heavy atom. The topological polar surface area (TPSA) is 104 Å². The van der Waals surface area contributed by atoms with Gasteiger partial charge in [-0.25, -0.2) is 28.1 Å². The van der Waals surface area contributed by atoms with Crippen LogP contribution in [0.4, 0.5) is 18.4 Å². The van der Waals surface area contributed by atoms with Gasteiger partial charge in [0.25, 0.3) is 0 Å². The third-order valence-corrected chi connectivity index (χ3v) is 8.20. The van der Waals surface area contributed by atoms with Crippen molar-refractivity contribution in [3.05, 3.63) is 76.8 Å². The summed E-state index contributed by atoms with van der Waals surface area (Å²) in [5, 5.41) is 5.46. The summed E-state index contributed by atoms with van der Waals surface area (Å²) < 4.78 is 32.8. The van der Waals surface area contributed by atoms with Crippen molar-refractivity contribution in [2.45, 2.75) is 63.1 Å². The highest BCUT2D eigenvalue weighted by Crippen LogP contribution is 2.36. The Morgan fingerprint density at radius 2 is 1.85 bits per heavy atom. The van der Waals surface area contributed by atoms with Crippen molar-refractivity contribution in [2.75, 3.05) is 20.2 Å². The van der Waals surface area contributed by atoms with E-state index in [-0.39, 0.29) is 22.9 Å². The van der Waals surface area contributed by atoms with Crippen molar-refractivity contribution >= 4 is 18.0 Å². The molecule has 1 aromatic carbocycles. The molecule has 1 aliphatic carbocycles. The summed E-state index contributed by atoms with van der Waals surface area (Å²) >= 11 is 0. The lowest BCUT2D eigenvalue weighted by atomic mass is 9.83. The fourth-order valence-corrected chi connectivity index (χ4v) is 6.16. The predicted octanol–water partition coefficient (Wildman–Crippen LogP) is 4.38. The molecule has 0 bridgehead atoms. The Labute approximate surface area is 231 Å². The Bertz CT molecular complexity index is 1310. The number of urea groups is 2. The van der Waals surface area contributed by atoms with Gasteiger partial charge in [0.05, 0.1) is 12.7 Å².